The monoisotopic (exact) mass is 656 g/mol. The number of methoxy groups -OCH3 is 1. The van der Waals surface area contributed by atoms with Crippen LogP contribution in [0.5, 0.6) is 5.75 Å². The van der Waals surface area contributed by atoms with Gasteiger partial charge in [0, 0.05) is 30.5 Å². The van der Waals surface area contributed by atoms with Crippen molar-refractivity contribution < 1.29 is 24.2 Å². The van der Waals surface area contributed by atoms with Crippen molar-refractivity contribution in [3.63, 3.8) is 0 Å². The van der Waals surface area contributed by atoms with E-state index in [0.717, 1.165) is 22.3 Å². The first-order valence-corrected chi connectivity index (χ1v) is 16.0. The van der Waals surface area contributed by atoms with Crippen molar-refractivity contribution >= 4 is 35.0 Å². The molecule has 0 bridgehead atoms. The van der Waals surface area contributed by atoms with Crippen LogP contribution in [0, 0.1) is 6.92 Å². The number of nitrogens with one attached hydrogen (secondary N) is 3. The summed E-state index contributed by atoms with van der Waals surface area (Å²) in [7, 11) is 1.50. The minimum Gasteiger partial charge on any atom is -0.495 e. The van der Waals surface area contributed by atoms with Gasteiger partial charge < -0.3 is 25.8 Å². The Kier molecular flexibility index (Phi) is 11.8. The Morgan fingerprint density at radius 2 is 1.29 bits per heavy atom. The lowest BCUT2D eigenvalue weighted by atomic mass is 9.99. The number of amides is 3. The summed E-state index contributed by atoms with van der Waals surface area (Å²) < 4.78 is 5.50. The van der Waals surface area contributed by atoms with Crippen LogP contribution >= 0.6 is 0 Å². The largest absolute Gasteiger partial charge is 0.495 e. The van der Waals surface area contributed by atoms with Crippen molar-refractivity contribution in [2.75, 3.05) is 23.1 Å². The molecule has 0 aliphatic heterocycles. The Bertz CT molecular complexity index is 1820. The number of hydrogen-bond acceptors (Lipinski definition) is 5. The third-order valence-corrected chi connectivity index (χ3v) is 8.12. The van der Waals surface area contributed by atoms with E-state index in [1.54, 1.807) is 30.3 Å². The molecule has 0 saturated heterocycles. The highest BCUT2D eigenvalue weighted by Gasteiger charge is 2.24. The van der Waals surface area contributed by atoms with E-state index in [2.05, 4.69) is 20.9 Å². The number of carbonyl (C=O) groups is 3. The maximum atomic E-state index is 13.0. The Morgan fingerprint density at radius 3 is 1.88 bits per heavy atom. The molecule has 0 aliphatic rings. The second-order valence-corrected chi connectivity index (χ2v) is 11.8. The number of carbonyl (C=O) groups excluding carboxylic acids is 2. The van der Waals surface area contributed by atoms with Gasteiger partial charge in [-0.25, -0.2) is 4.79 Å². The molecule has 0 fully saturated rings. The number of ether oxygens (including phenoxy) is 1. The summed E-state index contributed by atoms with van der Waals surface area (Å²) in [6.07, 6.45) is 0.00296. The number of rotatable bonds is 14. The first-order chi connectivity index (χ1) is 23.8. The van der Waals surface area contributed by atoms with Crippen LogP contribution in [0.3, 0.4) is 0 Å². The summed E-state index contributed by atoms with van der Waals surface area (Å²) in [5.74, 6) is -0.698. The van der Waals surface area contributed by atoms with E-state index in [1.165, 1.54) is 7.11 Å². The minimum atomic E-state index is -0.892. The number of anilines is 3. The highest BCUT2D eigenvalue weighted by Crippen LogP contribution is 2.30. The quantitative estimate of drug-likeness (QED) is 0.0960. The van der Waals surface area contributed by atoms with Crippen LogP contribution in [0.2, 0.25) is 0 Å². The fourth-order valence-electron chi connectivity index (χ4n) is 5.65. The number of aliphatic carboxylic acids is 1. The third-order valence-electron chi connectivity index (χ3n) is 8.12. The van der Waals surface area contributed by atoms with Crippen LogP contribution < -0.4 is 20.7 Å². The number of aryl methyl sites for hydroxylation is 1. The molecule has 3 amide bonds. The predicted octanol–water partition coefficient (Wildman–Crippen LogP) is 8.05. The molecule has 5 aromatic rings. The molecule has 9 nitrogen and oxygen atoms in total. The maximum Gasteiger partial charge on any atom is 0.323 e. The van der Waals surface area contributed by atoms with Gasteiger partial charge in [-0.1, -0.05) is 97.1 Å². The molecule has 250 valence electrons. The lowest BCUT2D eigenvalue weighted by Gasteiger charge is -2.31. The highest BCUT2D eigenvalue weighted by atomic mass is 16.5. The molecule has 0 radical (unpaired) electrons. The number of para-hydroxylation sites is 1. The van der Waals surface area contributed by atoms with Crippen LogP contribution in [0.15, 0.2) is 127 Å². The Labute approximate surface area is 286 Å². The standard InChI is InChI=1S/C40H40N4O5/c1-28-11-9-10-16-34(28)42-40(48)43-35-22-17-31(23-37(35)49-2)24-38(45)41-33-20-18-32(19-21-33)36(25-39(46)47)44(26-29-12-5-3-6-13-29)27-30-14-7-4-8-15-30/h3-23,36H,24-27H2,1-2H3,(H,41,45)(H,46,47)(H2,42,43,48). The first-order valence-electron chi connectivity index (χ1n) is 16.0. The van der Waals surface area contributed by atoms with Gasteiger partial charge in [0.1, 0.15) is 5.75 Å². The van der Waals surface area contributed by atoms with Crippen molar-refractivity contribution in [3.05, 3.63) is 155 Å². The zero-order valence-electron chi connectivity index (χ0n) is 27.6. The molecule has 0 heterocycles. The van der Waals surface area contributed by atoms with Gasteiger partial charge >= 0.3 is 12.0 Å². The molecule has 5 aromatic carbocycles. The van der Waals surface area contributed by atoms with E-state index in [4.69, 9.17) is 4.74 Å². The molecule has 49 heavy (non-hydrogen) atoms. The van der Waals surface area contributed by atoms with Crippen molar-refractivity contribution in [2.45, 2.75) is 38.9 Å². The molecule has 0 aliphatic carbocycles. The second kappa shape index (κ2) is 16.8. The van der Waals surface area contributed by atoms with E-state index in [-0.39, 0.29) is 18.7 Å². The minimum absolute atomic E-state index is 0.0778. The van der Waals surface area contributed by atoms with Crippen LogP contribution in [-0.4, -0.2) is 35.0 Å². The number of carboxylic acids is 1. The summed E-state index contributed by atoms with van der Waals surface area (Å²) in [6, 6.07) is 39.2. The molecule has 0 spiro atoms. The van der Waals surface area contributed by atoms with Crippen LogP contribution in [0.25, 0.3) is 0 Å². The van der Waals surface area contributed by atoms with Crippen molar-refractivity contribution in [2.24, 2.45) is 0 Å². The second-order valence-electron chi connectivity index (χ2n) is 11.8. The maximum absolute atomic E-state index is 13.0. The molecule has 5 rings (SSSR count). The third kappa shape index (κ3) is 10.0. The fraction of sp³-hybridized carbons (Fsp3) is 0.175. The molecular formula is C40H40N4O5. The van der Waals surface area contributed by atoms with Gasteiger partial charge in [0.25, 0.3) is 0 Å². The smallest absolute Gasteiger partial charge is 0.323 e. The van der Waals surface area contributed by atoms with E-state index < -0.39 is 18.0 Å². The topological polar surface area (TPSA) is 120 Å². The lowest BCUT2D eigenvalue weighted by molar-refractivity contribution is -0.138. The van der Waals surface area contributed by atoms with Gasteiger partial charge in [-0.2, -0.15) is 0 Å². The number of benzene rings is 5. The van der Waals surface area contributed by atoms with Gasteiger partial charge in [-0.15, -0.1) is 0 Å². The zero-order valence-corrected chi connectivity index (χ0v) is 27.6. The fourth-order valence-corrected chi connectivity index (χ4v) is 5.65. The van der Waals surface area contributed by atoms with E-state index in [1.807, 2.05) is 104 Å². The average Bonchev–Trinajstić information content (AvgIpc) is 3.10. The molecule has 0 aromatic heterocycles. The summed E-state index contributed by atoms with van der Waals surface area (Å²) >= 11 is 0. The zero-order chi connectivity index (χ0) is 34.6. The summed E-state index contributed by atoms with van der Waals surface area (Å²) in [6.45, 7) is 3.05. The van der Waals surface area contributed by atoms with Crippen molar-refractivity contribution in [3.8, 4) is 5.75 Å². The van der Waals surface area contributed by atoms with Gasteiger partial charge in [0.05, 0.1) is 25.6 Å². The summed E-state index contributed by atoms with van der Waals surface area (Å²) in [4.78, 5) is 39.9. The Morgan fingerprint density at radius 1 is 0.694 bits per heavy atom. The number of urea groups is 1. The van der Waals surface area contributed by atoms with Crippen LogP contribution in [-0.2, 0) is 29.1 Å². The van der Waals surface area contributed by atoms with E-state index in [9.17, 15) is 19.5 Å². The average molecular weight is 657 g/mol. The molecule has 0 saturated carbocycles. The summed E-state index contributed by atoms with van der Waals surface area (Å²) in [5, 5.41) is 18.5. The summed E-state index contributed by atoms with van der Waals surface area (Å²) in [5.41, 5.74) is 6.42. The number of hydrogen-bond donors (Lipinski definition) is 4. The molecule has 9 heteroatoms. The Hall–Kier alpha value is -5.93. The predicted molar refractivity (Wildman–Crippen MR) is 193 cm³/mol. The van der Waals surface area contributed by atoms with Crippen LogP contribution in [0.1, 0.15) is 40.3 Å². The Balaban J connectivity index is 1.25. The van der Waals surface area contributed by atoms with Gasteiger partial charge in [-0.05, 0) is 65.1 Å². The first kappa shape index (κ1) is 34.4. The van der Waals surface area contributed by atoms with Crippen molar-refractivity contribution in [1.82, 2.24) is 4.90 Å². The van der Waals surface area contributed by atoms with Crippen molar-refractivity contribution in [1.29, 1.82) is 0 Å². The molecular weight excluding hydrogens is 616 g/mol. The van der Waals surface area contributed by atoms with Gasteiger partial charge in [-0.3, -0.25) is 14.5 Å². The normalized spacial score (nSPS) is 11.4. The molecule has 1 atom stereocenters. The molecule has 1 unspecified atom stereocenters. The SMILES string of the molecule is COc1cc(CC(=O)Nc2ccc(C(CC(=O)O)N(Cc3ccccc3)Cc3ccccc3)cc2)ccc1NC(=O)Nc1ccccc1C. The number of carboxylic acid groups (broad SMARTS) is 1. The number of nitrogens with zero attached hydrogens (tertiary/aromatic N) is 1. The van der Waals surface area contributed by atoms with Crippen LogP contribution in [0.4, 0.5) is 21.9 Å². The highest BCUT2D eigenvalue weighted by molar-refractivity contribution is 6.01. The van der Waals surface area contributed by atoms with Gasteiger partial charge in [0.15, 0.2) is 0 Å². The van der Waals surface area contributed by atoms with E-state index >= 15 is 0 Å². The molecule has 4 N–H and O–H groups in total. The van der Waals surface area contributed by atoms with E-state index in [0.29, 0.717) is 41.5 Å². The lowest BCUT2D eigenvalue weighted by Crippen LogP contribution is -2.30. The van der Waals surface area contributed by atoms with Gasteiger partial charge in [0.2, 0.25) is 5.91 Å².